The number of halogens is 2. The van der Waals surface area contributed by atoms with Gasteiger partial charge < -0.3 is 10.1 Å². The Morgan fingerprint density at radius 3 is 2.58 bits per heavy atom. The van der Waals surface area contributed by atoms with Gasteiger partial charge in [0, 0.05) is 19.8 Å². The molecule has 0 aromatic carbocycles. The monoisotopic (exact) mass is 197 g/mol. The highest BCUT2D eigenvalue weighted by Crippen LogP contribution is 2.20. The molecule has 1 N–H and O–H groups in total. The van der Waals surface area contributed by atoms with Gasteiger partial charge in [0.05, 0.1) is 0 Å². The van der Waals surface area contributed by atoms with Crippen LogP contribution < -0.4 is 5.32 Å². The molecule has 2 nitrogen and oxygen atoms in total. The van der Waals surface area contributed by atoms with E-state index < -0.39 is 6.17 Å². The number of alkyl halides is 1. The van der Waals surface area contributed by atoms with Crippen LogP contribution in [-0.2, 0) is 4.74 Å². The zero-order valence-electron chi connectivity index (χ0n) is 7.38. The van der Waals surface area contributed by atoms with Gasteiger partial charge in [0.15, 0.2) is 0 Å². The minimum absolute atomic E-state index is 0. The first-order valence-electron chi connectivity index (χ1n) is 4.21. The first-order chi connectivity index (χ1) is 5.34. The summed E-state index contributed by atoms with van der Waals surface area (Å²) in [7, 11) is 1.78. The Hall–Kier alpha value is 0.140. The maximum absolute atomic E-state index is 13.2. The van der Waals surface area contributed by atoms with Gasteiger partial charge in [-0.2, -0.15) is 0 Å². The maximum atomic E-state index is 13.2. The highest BCUT2D eigenvalue weighted by Gasteiger charge is 2.22. The largest absolute Gasteiger partial charge is 0.381 e. The number of rotatable bonds is 3. The third-order valence-corrected chi connectivity index (χ3v) is 2.18. The molecule has 1 aliphatic rings. The van der Waals surface area contributed by atoms with Crippen LogP contribution in [0, 0.1) is 5.92 Å². The molecule has 1 rings (SSSR count). The van der Waals surface area contributed by atoms with E-state index in [4.69, 9.17) is 4.74 Å². The molecule has 1 fully saturated rings. The average Bonchev–Trinajstić information content (AvgIpc) is 2.07. The van der Waals surface area contributed by atoms with Gasteiger partial charge in [0.1, 0.15) is 6.17 Å². The van der Waals surface area contributed by atoms with Crippen LogP contribution in [0.15, 0.2) is 0 Å². The van der Waals surface area contributed by atoms with Crippen molar-refractivity contribution >= 4 is 12.4 Å². The SMILES string of the molecule is CNCC(F)C1CCOCC1.Cl. The normalized spacial score (nSPS) is 21.5. The summed E-state index contributed by atoms with van der Waals surface area (Å²) in [4.78, 5) is 0. The maximum Gasteiger partial charge on any atom is 0.115 e. The highest BCUT2D eigenvalue weighted by atomic mass is 35.5. The van der Waals surface area contributed by atoms with Crippen molar-refractivity contribution in [1.29, 1.82) is 0 Å². The van der Waals surface area contributed by atoms with Crippen molar-refractivity contribution in [2.24, 2.45) is 5.92 Å². The third kappa shape index (κ3) is 3.70. The van der Waals surface area contributed by atoms with Gasteiger partial charge in [0.25, 0.3) is 0 Å². The van der Waals surface area contributed by atoms with Crippen molar-refractivity contribution in [2.75, 3.05) is 26.8 Å². The smallest absolute Gasteiger partial charge is 0.115 e. The van der Waals surface area contributed by atoms with E-state index in [1.54, 1.807) is 7.05 Å². The van der Waals surface area contributed by atoms with Gasteiger partial charge in [-0.05, 0) is 25.8 Å². The van der Waals surface area contributed by atoms with Crippen LogP contribution in [0.1, 0.15) is 12.8 Å². The van der Waals surface area contributed by atoms with Crippen molar-refractivity contribution in [2.45, 2.75) is 19.0 Å². The molecule has 74 valence electrons. The molecule has 0 aliphatic carbocycles. The predicted molar refractivity (Wildman–Crippen MR) is 49.6 cm³/mol. The van der Waals surface area contributed by atoms with E-state index in [-0.39, 0.29) is 18.3 Å². The second kappa shape index (κ2) is 6.63. The Morgan fingerprint density at radius 1 is 1.50 bits per heavy atom. The fourth-order valence-corrected chi connectivity index (χ4v) is 1.44. The summed E-state index contributed by atoms with van der Waals surface area (Å²) < 4.78 is 18.3. The van der Waals surface area contributed by atoms with Crippen molar-refractivity contribution < 1.29 is 9.13 Å². The minimum atomic E-state index is -0.691. The van der Waals surface area contributed by atoms with Crippen molar-refractivity contribution in [1.82, 2.24) is 5.32 Å². The molecule has 0 radical (unpaired) electrons. The fourth-order valence-electron chi connectivity index (χ4n) is 1.44. The molecule has 1 atom stereocenters. The van der Waals surface area contributed by atoms with E-state index in [0.29, 0.717) is 6.54 Å². The van der Waals surface area contributed by atoms with Crippen LogP contribution >= 0.6 is 12.4 Å². The number of nitrogens with one attached hydrogen (secondary N) is 1. The van der Waals surface area contributed by atoms with Gasteiger partial charge in [-0.1, -0.05) is 0 Å². The zero-order chi connectivity index (χ0) is 8.10. The van der Waals surface area contributed by atoms with Crippen molar-refractivity contribution in [3.8, 4) is 0 Å². The summed E-state index contributed by atoms with van der Waals surface area (Å²) in [5, 5.41) is 2.85. The topological polar surface area (TPSA) is 21.3 Å². The van der Waals surface area contributed by atoms with Crippen molar-refractivity contribution in [3.05, 3.63) is 0 Å². The van der Waals surface area contributed by atoms with Gasteiger partial charge >= 0.3 is 0 Å². The van der Waals surface area contributed by atoms with Crippen LogP contribution in [0.2, 0.25) is 0 Å². The first kappa shape index (κ1) is 12.1. The molecule has 0 amide bonds. The van der Waals surface area contributed by atoms with Gasteiger partial charge in [-0.25, -0.2) is 4.39 Å². The minimum Gasteiger partial charge on any atom is -0.381 e. The molecule has 0 spiro atoms. The Labute approximate surface area is 79.3 Å². The summed E-state index contributed by atoms with van der Waals surface area (Å²) in [6, 6.07) is 0. The highest BCUT2D eigenvalue weighted by molar-refractivity contribution is 5.85. The molecular weight excluding hydrogens is 181 g/mol. The molecule has 1 aliphatic heterocycles. The summed E-state index contributed by atoms with van der Waals surface area (Å²) in [6.07, 6.45) is 1.06. The van der Waals surface area contributed by atoms with Gasteiger partial charge in [-0.15, -0.1) is 12.4 Å². The van der Waals surface area contributed by atoms with E-state index in [0.717, 1.165) is 26.1 Å². The van der Waals surface area contributed by atoms with Crippen LogP contribution in [-0.4, -0.2) is 33.0 Å². The van der Waals surface area contributed by atoms with E-state index in [1.807, 2.05) is 0 Å². The molecule has 4 heteroatoms. The lowest BCUT2D eigenvalue weighted by molar-refractivity contribution is 0.0374. The van der Waals surface area contributed by atoms with Gasteiger partial charge in [-0.3, -0.25) is 0 Å². The average molecular weight is 198 g/mol. The van der Waals surface area contributed by atoms with Gasteiger partial charge in [0.2, 0.25) is 0 Å². The quantitative estimate of drug-likeness (QED) is 0.739. The third-order valence-electron chi connectivity index (χ3n) is 2.18. The number of hydrogen-bond donors (Lipinski definition) is 1. The second-order valence-electron chi connectivity index (χ2n) is 3.02. The Morgan fingerprint density at radius 2 is 2.08 bits per heavy atom. The molecular formula is C8H17ClFNO. The zero-order valence-corrected chi connectivity index (χ0v) is 8.20. The van der Waals surface area contributed by atoms with E-state index in [9.17, 15) is 4.39 Å². The molecule has 1 heterocycles. The number of hydrogen-bond acceptors (Lipinski definition) is 2. The molecule has 0 aromatic rings. The predicted octanol–water partition coefficient (Wildman–Crippen LogP) is 1.39. The number of ether oxygens (including phenoxy) is 1. The molecule has 0 saturated carbocycles. The van der Waals surface area contributed by atoms with Crippen LogP contribution in [0.4, 0.5) is 4.39 Å². The molecule has 1 unspecified atom stereocenters. The van der Waals surface area contributed by atoms with E-state index in [2.05, 4.69) is 5.32 Å². The molecule has 1 saturated heterocycles. The first-order valence-corrected chi connectivity index (χ1v) is 4.21. The molecule has 0 bridgehead atoms. The molecule has 0 aromatic heterocycles. The molecule has 12 heavy (non-hydrogen) atoms. The Kier molecular flexibility index (Phi) is 6.71. The lowest BCUT2D eigenvalue weighted by Crippen LogP contribution is -2.31. The summed E-state index contributed by atoms with van der Waals surface area (Å²) in [5.74, 6) is 0.219. The Bertz CT molecular complexity index is 109. The summed E-state index contributed by atoms with van der Waals surface area (Å²) in [6.45, 7) is 1.94. The lowest BCUT2D eigenvalue weighted by atomic mass is 9.95. The Balaban J connectivity index is 0.00000121. The van der Waals surface area contributed by atoms with E-state index >= 15 is 0 Å². The second-order valence-corrected chi connectivity index (χ2v) is 3.02. The van der Waals surface area contributed by atoms with E-state index in [1.165, 1.54) is 0 Å². The van der Waals surface area contributed by atoms with Crippen LogP contribution in [0.3, 0.4) is 0 Å². The fraction of sp³-hybridized carbons (Fsp3) is 1.00. The van der Waals surface area contributed by atoms with Crippen LogP contribution in [0.5, 0.6) is 0 Å². The standard InChI is InChI=1S/C8H16FNO.ClH/c1-10-6-8(9)7-2-4-11-5-3-7;/h7-8,10H,2-6H2,1H3;1H. The summed E-state index contributed by atoms with van der Waals surface area (Å²) in [5.41, 5.74) is 0. The summed E-state index contributed by atoms with van der Waals surface area (Å²) >= 11 is 0. The lowest BCUT2D eigenvalue weighted by Gasteiger charge is -2.24. The van der Waals surface area contributed by atoms with Crippen LogP contribution in [0.25, 0.3) is 0 Å². The van der Waals surface area contributed by atoms with Crippen molar-refractivity contribution in [3.63, 3.8) is 0 Å².